The number of amides is 2. The Labute approximate surface area is 123 Å². The average molecular weight is 317 g/mol. The van der Waals surface area contributed by atoms with Gasteiger partial charge in [0.05, 0.1) is 6.04 Å². The van der Waals surface area contributed by atoms with E-state index >= 15 is 0 Å². The van der Waals surface area contributed by atoms with Gasteiger partial charge in [-0.1, -0.05) is 0 Å². The molecule has 120 valence electrons. The van der Waals surface area contributed by atoms with Crippen LogP contribution in [0.25, 0.3) is 0 Å². The van der Waals surface area contributed by atoms with Gasteiger partial charge in [0, 0.05) is 26.1 Å². The molecule has 2 amide bonds. The molecular weight excluding hydrogens is 303 g/mol. The van der Waals surface area contributed by atoms with E-state index in [-0.39, 0.29) is 24.4 Å². The third-order valence-corrected chi connectivity index (χ3v) is 4.20. The second kappa shape index (κ2) is 4.99. The number of halogens is 3. The van der Waals surface area contributed by atoms with Crippen molar-refractivity contribution in [3.63, 3.8) is 0 Å². The molecule has 0 aliphatic carbocycles. The molecule has 22 heavy (non-hydrogen) atoms. The topological polar surface area (TPSA) is 66.7 Å². The Morgan fingerprint density at radius 2 is 2.05 bits per heavy atom. The SMILES string of the molecule is CN1C[C@@H]2CC[C@H](CC1=O)N2C(=O)c1ncoc1C(F)(F)F. The zero-order chi connectivity index (χ0) is 16.1. The molecule has 2 fully saturated rings. The molecule has 2 saturated heterocycles. The van der Waals surface area contributed by atoms with Crippen molar-refractivity contribution >= 4 is 11.8 Å². The number of hydrogen-bond acceptors (Lipinski definition) is 4. The van der Waals surface area contributed by atoms with Gasteiger partial charge >= 0.3 is 6.18 Å². The summed E-state index contributed by atoms with van der Waals surface area (Å²) in [4.78, 5) is 30.7. The molecule has 0 radical (unpaired) electrons. The van der Waals surface area contributed by atoms with Crippen LogP contribution < -0.4 is 0 Å². The highest BCUT2D eigenvalue weighted by Gasteiger charge is 2.47. The number of fused-ring (bicyclic) bond motifs is 2. The van der Waals surface area contributed by atoms with Gasteiger partial charge in [0.15, 0.2) is 12.1 Å². The van der Waals surface area contributed by atoms with Crippen molar-refractivity contribution in [2.24, 2.45) is 0 Å². The number of likely N-dealkylation sites (tertiary alicyclic amines) is 1. The van der Waals surface area contributed by atoms with Crippen molar-refractivity contribution in [2.75, 3.05) is 13.6 Å². The fourth-order valence-electron chi connectivity index (χ4n) is 3.17. The van der Waals surface area contributed by atoms with Crippen molar-refractivity contribution in [3.8, 4) is 0 Å². The lowest BCUT2D eigenvalue weighted by Crippen LogP contribution is -2.43. The second-order valence-corrected chi connectivity index (χ2v) is 5.60. The quantitative estimate of drug-likeness (QED) is 0.788. The van der Waals surface area contributed by atoms with Gasteiger partial charge in [-0.3, -0.25) is 9.59 Å². The summed E-state index contributed by atoms with van der Waals surface area (Å²) >= 11 is 0. The summed E-state index contributed by atoms with van der Waals surface area (Å²) in [6.45, 7) is 0.320. The molecule has 2 aliphatic heterocycles. The molecule has 2 atom stereocenters. The van der Waals surface area contributed by atoms with Gasteiger partial charge in [-0.25, -0.2) is 4.98 Å². The van der Waals surface area contributed by atoms with Gasteiger partial charge in [-0.05, 0) is 12.8 Å². The van der Waals surface area contributed by atoms with E-state index < -0.39 is 23.5 Å². The molecule has 6 nitrogen and oxygen atoms in total. The molecule has 0 spiro atoms. The van der Waals surface area contributed by atoms with Crippen LogP contribution in [0.15, 0.2) is 10.8 Å². The van der Waals surface area contributed by atoms with Crippen LogP contribution in [-0.4, -0.2) is 52.3 Å². The van der Waals surface area contributed by atoms with E-state index in [0.717, 1.165) is 0 Å². The van der Waals surface area contributed by atoms with Crippen LogP contribution in [0.1, 0.15) is 35.5 Å². The van der Waals surface area contributed by atoms with Gasteiger partial charge in [-0.2, -0.15) is 13.2 Å². The lowest BCUT2D eigenvalue weighted by atomic mass is 10.1. The highest BCUT2D eigenvalue weighted by Crippen LogP contribution is 2.36. The van der Waals surface area contributed by atoms with E-state index in [9.17, 15) is 22.8 Å². The van der Waals surface area contributed by atoms with Gasteiger partial charge < -0.3 is 14.2 Å². The van der Waals surface area contributed by atoms with Crippen LogP contribution >= 0.6 is 0 Å². The molecule has 3 heterocycles. The molecule has 1 aromatic rings. The zero-order valence-corrected chi connectivity index (χ0v) is 11.8. The molecular formula is C13H14F3N3O3. The first kappa shape index (κ1) is 14.9. The van der Waals surface area contributed by atoms with Crippen molar-refractivity contribution in [1.29, 1.82) is 0 Å². The summed E-state index contributed by atoms with van der Waals surface area (Å²) in [6, 6.07) is -0.667. The maximum atomic E-state index is 12.9. The number of aromatic nitrogens is 1. The normalized spacial score (nSPS) is 25.5. The predicted octanol–water partition coefficient (Wildman–Crippen LogP) is 1.53. The Morgan fingerprint density at radius 1 is 1.36 bits per heavy atom. The molecule has 0 N–H and O–H groups in total. The summed E-state index contributed by atoms with van der Waals surface area (Å²) < 4.78 is 42.9. The standard InChI is InChI=1S/C13H14F3N3O3/c1-18-5-8-3-2-7(4-9(18)20)19(8)12(21)10-11(13(14,15)16)22-6-17-10/h6-8H,2-5H2,1H3/t7-,8+/m1/s1. The van der Waals surface area contributed by atoms with Crippen LogP contribution in [0.3, 0.4) is 0 Å². The summed E-state index contributed by atoms with van der Waals surface area (Å²) in [6.07, 6.45) is -2.77. The molecule has 3 rings (SSSR count). The molecule has 0 aromatic carbocycles. The minimum absolute atomic E-state index is 0.110. The first-order valence-electron chi connectivity index (χ1n) is 6.86. The van der Waals surface area contributed by atoms with Crippen LogP contribution in [0.2, 0.25) is 0 Å². The second-order valence-electron chi connectivity index (χ2n) is 5.60. The molecule has 0 unspecified atom stereocenters. The lowest BCUT2D eigenvalue weighted by molar-refractivity contribution is -0.153. The highest BCUT2D eigenvalue weighted by atomic mass is 19.4. The van der Waals surface area contributed by atoms with E-state index in [0.29, 0.717) is 25.8 Å². The number of rotatable bonds is 1. The number of oxazole rings is 1. The Kier molecular flexibility index (Phi) is 3.37. The maximum Gasteiger partial charge on any atom is 0.452 e. The number of alkyl halides is 3. The van der Waals surface area contributed by atoms with E-state index in [1.165, 1.54) is 9.80 Å². The Morgan fingerprint density at radius 3 is 2.73 bits per heavy atom. The maximum absolute atomic E-state index is 12.9. The Hall–Kier alpha value is -2.06. The van der Waals surface area contributed by atoms with Gasteiger partial charge in [0.25, 0.3) is 5.91 Å². The van der Waals surface area contributed by atoms with E-state index in [4.69, 9.17) is 0 Å². The summed E-state index contributed by atoms with van der Waals surface area (Å²) in [5.41, 5.74) is -0.735. The average Bonchev–Trinajstić information content (AvgIpc) is 3.01. The molecule has 1 aromatic heterocycles. The van der Waals surface area contributed by atoms with Crippen LogP contribution in [0.5, 0.6) is 0 Å². The minimum Gasteiger partial charge on any atom is -0.438 e. The van der Waals surface area contributed by atoms with E-state index in [1.807, 2.05) is 0 Å². The smallest absolute Gasteiger partial charge is 0.438 e. The van der Waals surface area contributed by atoms with Gasteiger partial charge in [0.1, 0.15) is 0 Å². The number of carbonyl (C=O) groups excluding carboxylic acids is 2. The predicted molar refractivity (Wildman–Crippen MR) is 66.7 cm³/mol. The molecule has 2 aliphatic rings. The monoisotopic (exact) mass is 317 g/mol. The largest absolute Gasteiger partial charge is 0.452 e. The first-order chi connectivity index (χ1) is 10.3. The van der Waals surface area contributed by atoms with Crippen LogP contribution in [0.4, 0.5) is 13.2 Å². The van der Waals surface area contributed by atoms with Crippen molar-refractivity contribution < 1.29 is 27.2 Å². The first-order valence-corrected chi connectivity index (χ1v) is 6.86. The number of hydrogen-bond donors (Lipinski definition) is 0. The minimum atomic E-state index is -4.78. The Balaban J connectivity index is 1.93. The summed E-state index contributed by atoms with van der Waals surface area (Å²) in [7, 11) is 1.63. The molecule has 2 bridgehead atoms. The third kappa shape index (κ3) is 2.34. The van der Waals surface area contributed by atoms with Gasteiger partial charge in [-0.15, -0.1) is 0 Å². The lowest BCUT2D eigenvalue weighted by Gasteiger charge is -2.27. The summed E-state index contributed by atoms with van der Waals surface area (Å²) in [5.74, 6) is -2.32. The number of nitrogens with zero attached hydrogens (tertiary/aromatic N) is 3. The molecule has 9 heteroatoms. The fraction of sp³-hybridized carbons (Fsp3) is 0.615. The Bertz CT molecular complexity index is 613. The fourth-order valence-corrected chi connectivity index (χ4v) is 3.17. The highest BCUT2D eigenvalue weighted by molar-refractivity contribution is 5.94. The van der Waals surface area contributed by atoms with E-state index in [1.54, 1.807) is 7.05 Å². The number of likely N-dealkylation sites (N-methyl/N-ethyl adjacent to an activating group) is 1. The summed E-state index contributed by atoms with van der Waals surface area (Å²) in [5, 5.41) is 0. The van der Waals surface area contributed by atoms with E-state index in [2.05, 4.69) is 9.40 Å². The zero-order valence-electron chi connectivity index (χ0n) is 11.8. The number of carbonyl (C=O) groups is 2. The van der Waals surface area contributed by atoms with Gasteiger partial charge in [0.2, 0.25) is 11.7 Å². The van der Waals surface area contributed by atoms with Crippen molar-refractivity contribution in [1.82, 2.24) is 14.8 Å². The van der Waals surface area contributed by atoms with Crippen molar-refractivity contribution in [2.45, 2.75) is 37.5 Å². The third-order valence-electron chi connectivity index (χ3n) is 4.20. The van der Waals surface area contributed by atoms with Crippen LogP contribution in [0, 0.1) is 0 Å². The van der Waals surface area contributed by atoms with Crippen LogP contribution in [-0.2, 0) is 11.0 Å². The molecule has 0 saturated carbocycles. The van der Waals surface area contributed by atoms with Crippen molar-refractivity contribution in [3.05, 3.63) is 17.8 Å².